The molecule has 0 aliphatic carbocycles. The predicted octanol–water partition coefficient (Wildman–Crippen LogP) is 4.65. The molecule has 0 radical (unpaired) electrons. The van der Waals surface area contributed by atoms with Gasteiger partial charge in [-0.05, 0) is 36.4 Å². The van der Waals surface area contributed by atoms with Gasteiger partial charge in [0.05, 0.1) is 20.5 Å². The molecule has 0 amide bonds. The molecule has 0 atom stereocenters. The molecule has 0 saturated heterocycles. The molecule has 3 rings (SSSR count). The molecule has 2 aromatic heterocycles. The molecule has 3 aromatic rings. The van der Waals surface area contributed by atoms with Crippen LogP contribution in [-0.2, 0) is 0 Å². The fourth-order valence-electron chi connectivity index (χ4n) is 2.43. The Morgan fingerprint density at radius 3 is 2.50 bits per heavy atom. The van der Waals surface area contributed by atoms with E-state index >= 15 is 0 Å². The zero-order valence-corrected chi connectivity index (χ0v) is 14.2. The lowest BCUT2D eigenvalue weighted by Crippen LogP contribution is -2.38. The van der Waals surface area contributed by atoms with E-state index in [0.29, 0.717) is 6.04 Å². The molecule has 0 bridgehead atoms. The fraction of sp³-hybridized carbons (Fsp3) is 0.222. The van der Waals surface area contributed by atoms with Crippen LogP contribution < -0.4 is 4.90 Å². The van der Waals surface area contributed by atoms with Crippen LogP contribution in [0.15, 0.2) is 60.8 Å². The van der Waals surface area contributed by atoms with Gasteiger partial charge < -0.3 is 4.90 Å². The number of para-hydroxylation sites is 1. The Morgan fingerprint density at radius 1 is 1.00 bits per heavy atom. The van der Waals surface area contributed by atoms with Crippen molar-refractivity contribution < 1.29 is 1.37 Å². The molecule has 0 aliphatic heterocycles. The van der Waals surface area contributed by atoms with E-state index < -0.39 is 8.07 Å². The lowest BCUT2D eigenvalue weighted by Gasteiger charge is -2.30. The van der Waals surface area contributed by atoms with Crippen molar-refractivity contribution in [3.05, 3.63) is 60.8 Å². The summed E-state index contributed by atoms with van der Waals surface area (Å²) in [6, 6.07) is 16.5. The molecule has 0 fully saturated rings. The lowest BCUT2D eigenvalue weighted by molar-refractivity contribution is 1.08. The minimum atomic E-state index is -1.33. The van der Waals surface area contributed by atoms with Gasteiger partial charge >= 0.3 is 0 Å². The van der Waals surface area contributed by atoms with E-state index in [2.05, 4.69) is 53.8 Å². The van der Waals surface area contributed by atoms with Crippen molar-refractivity contribution in [1.82, 2.24) is 9.97 Å². The van der Waals surface area contributed by atoms with Crippen LogP contribution in [-0.4, -0.2) is 24.2 Å². The van der Waals surface area contributed by atoms with Crippen molar-refractivity contribution in [2.75, 3.05) is 11.1 Å². The molecule has 2 heterocycles. The summed E-state index contributed by atoms with van der Waals surface area (Å²) in [7, 11) is -1.33. The molecule has 112 valence electrons. The van der Waals surface area contributed by atoms with Crippen LogP contribution in [0.5, 0.6) is 0 Å². The van der Waals surface area contributed by atoms with Gasteiger partial charge in [0.2, 0.25) is 0 Å². The maximum Gasteiger partial charge on any atom is 0.133 e. The first-order valence-corrected chi connectivity index (χ1v) is 11.2. The summed E-state index contributed by atoms with van der Waals surface area (Å²) >= 11 is 0. The Morgan fingerprint density at radius 2 is 1.77 bits per heavy atom. The average Bonchev–Trinajstić information content (AvgIpc) is 2.52. The maximum absolute atomic E-state index is 7.75. The summed E-state index contributed by atoms with van der Waals surface area (Å²) in [6.45, 7) is 7.06. The molecule has 3 nitrogen and oxygen atoms in total. The fourth-order valence-corrected chi connectivity index (χ4v) is 3.73. The van der Waals surface area contributed by atoms with Crippen molar-refractivity contribution in [3.8, 4) is 0 Å². The van der Waals surface area contributed by atoms with Gasteiger partial charge in [-0.25, -0.2) is 4.98 Å². The third-order valence-electron chi connectivity index (χ3n) is 3.36. The van der Waals surface area contributed by atoms with E-state index in [4.69, 9.17) is 6.35 Å². The highest BCUT2D eigenvalue weighted by Gasteiger charge is 2.21. The van der Waals surface area contributed by atoms with Crippen LogP contribution in [0.1, 0.15) is 1.37 Å². The predicted molar refractivity (Wildman–Crippen MR) is 96.3 cm³/mol. The van der Waals surface area contributed by atoms with E-state index in [0.717, 1.165) is 28.7 Å². The molecule has 0 unspecified atom stereocenters. The van der Waals surface area contributed by atoms with Crippen molar-refractivity contribution >= 4 is 30.6 Å². The van der Waals surface area contributed by atoms with E-state index in [9.17, 15) is 0 Å². The Balaban J connectivity index is 2.09. The maximum atomic E-state index is 7.75. The first kappa shape index (κ1) is 13.5. The molecular weight excluding hydrogens is 286 g/mol. The standard InChI is InChI=1S/C18H21N3Si/c1-22(2,3)14-21(15-8-5-4-6-9-15)18-12-11-16-17(20-18)10-7-13-19-16/h4-13H,14H2,1-3H3/i7D. The second-order valence-electron chi connectivity index (χ2n) is 6.63. The number of hydrogen-bond acceptors (Lipinski definition) is 3. The summed E-state index contributed by atoms with van der Waals surface area (Å²) in [5.41, 5.74) is 2.74. The molecule has 0 N–H and O–H groups in total. The topological polar surface area (TPSA) is 29.0 Å². The number of benzene rings is 1. The Hall–Kier alpha value is -2.20. The van der Waals surface area contributed by atoms with Gasteiger partial charge in [-0.15, -0.1) is 0 Å². The van der Waals surface area contributed by atoms with Crippen molar-refractivity contribution in [2.24, 2.45) is 0 Å². The van der Waals surface area contributed by atoms with Crippen LogP contribution in [0.25, 0.3) is 11.0 Å². The molecule has 0 spiro atoms. The highest BCUT2D eigenvalue weighted by Crippen LogP contribution is 2.26. The summed E-state index contributed by atoms with van der Waals surface area (Å²) in [6.07, 6.45) is 2.55. The molecule has 22 heavy (non-hydrogen) atoms. The number of pyridine rings is 2. The van der Waals surface area contributed by atoms with Crippen LogP contribution >= 0.6 is 0 Å². The van der Waals surface area contributed by atoms with E-state index in [-0.39, 0.29) is 0 Å². The van der Waals surface area contributed by atoms with Crippen LogP contribution in [0.3, 0.4) is 0 Å². The zero-order chi connectivity index (χ0) is 16.4. The molecule has 1 aromatic carbocycles. The normalized spacial score (nSPS) is 12.2. The smallest absolute Gasteiger partial charge is 0.133 e. The number of hydrogen-bond donors (Lipinski definition) is 0. The third-order valence-corrected chi connectivity index (χ3v) is 4.63. The summed E-state index contributed by atoms with van der Waals surface area (Å²) in [4.78, 5) is 11.3. The van der Waals surface area contributed by atoms with Crippen LogP contribution in [0.2, 0.25) is 19.6 Å². The quantitative estimate of drug-likeness (QED) is 0.657. The van der Waals surface area contributed by atoms with Gasteiger partial charge in [0, 0.05) is 18.1 Å². The Kier molecular flexibility index (Phi) is 3.60. The minimum Gasteiger partial charge on any atom is -0.329 e. The van der Waals surface area contributed by atoms with Crippen LogP contribution in [0.4, 0.5) is 11.5 Å². The zero-order valence-electron chi connectivity index (χ0n) is 14.2. The highest BCUT2D eigenvalue weighted by atomic mass is 28.3. The van der Waals surface area contributed by atoms with E-state index in [1.165, 1.54) is 0 Å². The summed E-state index contributed by atoms with van der Waals surface area (Å²) < 4.78 is 7.75. The van der Waals surface area contributed by atoms with Crippen LogP contribution in [0, 0.1) is 0 Å². The average molecular weight is 308 g/mol. The first-order chi connectivity index (χ1) is 10.9. The van der Waals surface area contributed by atoms with Gasteiger partial charge in [-0.2, -0.15) is 0 Å². The van der Waals surface area contributed by atoms with Gasteiger partial charge in [0.25, 0.3) is 0 Å². The molecular formula is C18H21N3Si. The number of aromatic nitrogens is 2. The number of rotatable bonds is 4. The second-order valence-corrected chi connectivity index (χ2v) is 12.1. The Labute approximate surface area is 134 Å². The largest absolute Gasteiger partial charge is 0.329 e. The number of anilines is 2. The minimum absolute atomic E-state index is 0.388. The van der Waals surface area contributed by atoms with Crippen molar-refractivity contribution in [2.45, 2.75) is 19.6 Å². The summed E-state index contributed by atoms with van der Waals surface area (Å²) in [5.74, 6) is 0.915. The summed E-state index contributed by atoms with van der Waals surface area (Å²) in [5, 5.41) is 0. The first-order valence-electron chi connectivity index (χ1n) is 7.98. The third kappa shape index (κ3) is 3.34. The van der Waals surface area contributed by atoms with Crippen molar-refractivity contribution in [1.29, 1.82) is 0 Å². The van der Waals surface area contributed by atoms with Gasteiger partial charge in [-0.3, -0.25) is 4.98 Å². The molecule has 4 heteroatoms. The van der Waals surface area contributed by atoms with E-state index in [1.807, 2.05) is 18.2 Å². The van der Waals surface area contributed by atoms with Gasteiger partial charge in [-0.1, -0.05) is 37.8 Å². The molecule has 0 aliphatic rings. The van der Waals surface area contributed by atoms with Gasteiger partial charge in [0.15, 0.2) is 0 Å². The monoisotopic (exact) mass is 308 g/mol. The second kappa shape index (κ2) is 5.89. The van der Waals surface area contributed by atoms with E-state index in [1.54, 1.807) is 12.3 Å². The molecule has 0 saturated carbocycles. The SMILES string of the molecule is [2H]c1cnc2ccc(N(C[Si](C)(C)C)c3ccccc3)nc2c1. The lowest BCUT2D eigenvalue weighted by atomic mass is 10.2. The number of fused-ring (bicyclic) bond motifs is 1. The van der Waals surface area contributed by atoms with Crippen molar-refractivity contribution in [3.63, 3.8) is 0 Å². The number of nitrogens with zero attached hydrogens (tertiary/aromatic N) is 3. The Bertz CT molecular complexity index is 815. The van der Waals surface area contributed by atoms with Gasteiger partial charge in [0.1, 0.15) is 5.82 Å². The highest BCUT2D eigenvalue weighted by molar-refractivity contribution is 6.76.